The summed E-state index contributed by atoms with van der Waals surface area (Å²) in [6, 6.07) is 9.36. The minimum absolute atomic E-state index is 0.101. The lowest BCUT2D eigenvalue weighted by molar-refractivity contribution is -0.145. The van der Waals surface area contributed by atoms with Crippen molar-refractivity contribution in [2.45, 2.75) is 26.3 Å². The van der Waals surface area contributed by atoms with Crippen LogP contribution in [-0.2, 0) is 14.3 Å². The number of benzene rings is 1. The van der Waals surface area contributed by atoms with E-state index in [4.69, 9.17) is 4.74 Å². The van der Waals surface area contributed by atoms with Gasteiger partial charge in [0.1, 0.15) is 11.7 Å². The predicted octanol–water partition coefficient (Wildman–Crippen LogP) is 2.01. The molecule has 132 valence electrons. The molecule has 2 rings (SSSR count). The van der Waals surface area contributed by atoms with Crippen molar-refractivity contribution in [2.75, 3.05) is 6.61 Å². The number of hydrogen-bond donors (Lipinski definition) is 2. The van der Waals surface area contributed by atoms with Gasteiger partial charge in [0.25, 0.3) is 5.91 Å². The van der Waals surface area contributed by atoms with Crippen LogP contribution in [0.5, 0.6) is 0 Å². The second kappa shape index (κ2) is 8.23. The van der Waals surface area contributed by atoms with Gasteiger partial charge >= 0.3 is 11.9 Å². The van der Waals surface area contributed by atoms with Crippen LogP contribution in [0.15, 0.2) is 36.4 Å². The average Bonchev–Trinajstić information content (AvgIpc) is 2.58. The molecule has 2 N–H and O–H groups in total. The molecule has 1 aromatic heterocycles. The van der Waals surface area contributed by atoms with Crippen LogP contribution in [0.4, 0.5) is 0 Å². The number of aromatic nitrogens is 1. The summed E-state index contributed by atoms with van der Waals surface area (Å²) in [5.74, 6) is -2.94. The largest absolute Gasteiger partial charge is 0.480 e. The molecule has 0 saturated carbocycles. The van der Waals surface area contributed by atoms with Gasteiger partial charge < -0.3 is 15.2 Å². The molecular formula is C18H20N2O5. The summed E-state index contributed by atoms with van der Waals surface area (Å²) in [4.78, 5) is 39.6. The Morgan fingerprint density at radius 1 is 1.20 bits per heavy atom. The Bertz CT molecular complexity index is 790. The number of aliphatic carboxylic acids is 1. The summed E-state index contributed by atoms with van der Waals surface area (Å²) in [6.07, 6.45) is -0.101. The highest BCUT2D eigenvalue weighted by atomic mass is 16.5. The lowest BCUT2D eigenvalue weighted by atomic mass is 9.98. The summed E-state index contributed by atoms with van der Waals surface area (Å²) < 4.78 is 4.82. The van der Waals surface area contributed by atoms with Crippen LogP contribution < -0.4 is 5.32 Å². The van der Waals surface area contributed by atoms with Crippen molar-refractivity contribution in [3.05, 3.63) is 42.1 Å². The van der Waals surface area contributed by atoms with Gasteiger partial charge in [0.2, 0.25) is 0 Å². The maximum atomic E-state index is 12.4. The molecule has 0 radical (unpaired) electrons. The number of carboxylic acids is 1. The van der Waals surface area contributed by atoms with Gasteiger partial charge in [-0.25, -0.2) is 9.78 Å². The van der Waals surface area contributed by atoms with Crippen molar-refractivity contribution >= 4 is 28.7 Å². The van der Waals surface area contributed by atoms with E-state index >= 15 is 0 Å². The average molecular weight is 344 g/mol. The summed E-state index contributed by atoms with van der Waals surface area (Å²) in [5, 5.41) is 12.7. The number of carbonyl (C=O) groups excluding carboxylic acids is 2. The zero-order valence-electron chi connectivity index (χ0n) is 14.1. The highest BCUT2D eigenvalue weighted by Gasteiger charge is 2.29. The van der Waals surface area contributed by atoms with E-state index < -0.39 is 29.8 Å². The number of rotatable bonds is 7. The zero-order chi connectivity index (χ0) is 18.4. The SMILES string of the molecule is CCOC(=O)C[C@H](C)[C@H](NC(=O)c1ccc2ccccc2n1)C(=O)O. The Morgan fingerprint density at radius 2 is 1.92 bits per heavy atom. The van der Waals surface area contributed by atoms with E-state index in [9.17, 15) is 19.5 Å². The maximum absolute atomic E-state index is 12.4. The molecule has 0 fully saturated rings. The van der Waals surface area contributed by atoms with Gasteiger partial charge in [0, 0.05) is 5.39 Å². The number of ether oxygens (including phenoxy) is 1. The third-order valence-electron chi connectivity index (χ3n) is 3.75. The van der Waals surface area contributed by atoms with Crippen molar-refractivity contribution in [2.24, 2.45) is 5.92 Å². The van der Waals surface area contributed by atoms with Crippen molar-refractivity contribution in [1.29, 1.82) is 0 Å². The van der Waals surface area contributed by atoms with Gasteiger partial charge in [-0.2, -0.15) is 0 Å². The van der Waals surface area contributed by atoms with E-state index in [0.29, 0.717) is 5.52 Å². The fourth-order valence-corrected chi connectivity index (χ4v) is 2.46. The van der Waals surface area contributed by atoms with Gasteiger partial charge in [-0.05, 0) is 25.0 Å². The summed E-state index contributed by atoms with van der Waals surface area (Å²) in [5.41, 5.74) is 0.759. The Morgan fingerprint density at radius 3 is 2.60 bits per heavy atom. The molecule has 2 atom stereocenters. The minimum Gasteiger partial charge on any atom is -0.480 e. The number of carbonyl (C=O) groups is 3. The second-order valence-corrected chi connectivity index (χ2v) is 5.66. The van der Waals surface area contributed by atoms with E-state index in [1.165, 1.54) is 6.07 Å². The van der Waals surface area contributed by atoms with Crippen LogP contribution in [0.25, 0.3) is 10.9 Å². The van der Waals surface area contributed by atoms with E-state index in [0.717, 1.165) is 5.39 Å². The molecule has 2 aromatic rings. The number of nitrogens with one attached hydrogen (secondary N) is 1. The lowest BCUT2D eigenvalue weighted by Gasteiger charge is -2.20. The quantitative estimate of drug-likeness (QED) is 0.744. The first kappa shape index (κ1) is 18.4. The molecular weight excluding hydrogens is 324 g/mol. The molecule has 0 aliphatic heterocycles. The van der Waals surface area contributed by atoms with E-state index in [2.05, 4.69) is 10.3 Å². The minimum atomic E-state index is -1.22. The predicted molar refractivity (Wildman–Crippen MR) is 91.0 cm³/mol. The smallest absolute Gasteiger partial charge is 0.326 e. The normalized spacial score (nSPS) is 13.0. The van der Waals surface area contributed by atoms with Gasteiger partial charge in [-0.15, -0.1) is 0 Å². The first-order valence-electron chi connectivity index (χ1n) is 7.97. The fraction of sp³-hybridized carbons (Fsp3) is 0.333. The highest BCUT2D eigenvalue weighted by Crippen LogP contribution is 2.14. The van der Waals surface area contributed by atoms with Crippen molar-refractivity contribution in [3.8, 4) is 0 Å². The van der Waals surface area contributed by atoms with Gasteiger partial charge in [0.15, 0.2) is 0 Å². The highest BCUT2D eigenvalue weighted by molar-refractivity contribution is 5.97. The van der Waals surface area contributed by atoms with Crippen LogP contribution in [0.2, 0.25) is 0 Å². The molecule has 1 amide bonds. The van der Waals surface area contributed by atoms with Crippen LogP contribution >= 0.6 is 0 Å². The first-order valence-corrected chi connectivity index (χ1v) is 7.97. The number of para-hydroxylation sites is 1. The Kier molecular flexibility index (Phi) is 6.05. The molecule has 25 heavy (non-hydrogen) atoms. The number of nitrogens with zero attached hydrogens (tertiary/aromatic N) is 1. The molecule has 7 heteroatoms. The topological polar surface area (TPSA) is 106 Å². The number of hydrogen-bond acceptors (Lipinski definition) is 5. The van der Waals surface area contributed by atoms with E-state index in [1.807, 2.05) is 12.1 Å². The molecule has 0 saturated heterocycles. The van der Waals surface area contributed by atoms with Crippen LogP contribution in [0.1, 0.15) is 30.8 Å². The molecule has 1 heterocycles. The molecule has 0 unspecified atom stereocenters. The maximum Gasteiger partial charge on any atom is 0.326 e. The number of carboxylic acid groups (broad SMARTS) is 1. The van der Waals surface area contributed by atoms with Gasteiger partial charge in [-0.1, -0.05) is 31.2 Å². The molecule has 0 aliphatic rings. The number of amides is 1. The standard InChI is InChI=1S/C18H20N2O5/c1-3-25-15(21)10-11(2)16(18(23)24)20-17(22)14-9-8-12-6-4-5-7-13(12)19-14/h4-9,11,16H,3,10H2,1-2H3,(H,20,22)(H,23,24)/t11-,16-/m0/s1. The summed E-state index contributed by atoms with van der Waals surface area (Å²) in [6.45, 7) is 3.46. The Hall–Kier alpha value is -2.96. The Labute approximate surface area is 145 Å². The monoisotopic (exact) mass is 344 g/mol. The molecule has 1 aromatic carbocycles. The van der Waals surface area contributed by atoms with Crippen LogP contribution in [0, 0.1) is 5.92 Å². The molecule has 0 aliphatic carbocycles. The third-order valence-corrected chi connectivity index (χ3v) is 3.75. The molecule has 0 bridgehead atoms. The number of fused-ring (bicyclic) bond motifs is 1. The van der Waals surface area contributed by atoms with Crippen molar-refractivity contribution < 1.29 is 24.2 Å². The Balaban J connectivity index is 2.13. The third kappa shape index (κ3) is 4.76. The van der Waals surface area contributed by atoms with Crippen molar-refractivity contribution in [3.63, 3.8) is 0 Å². The fourth-order valence-electron chi connectivity index (χ4n) is 2.46. The second-order valence-electron chi connectivity index (χ2n) is 5.66. The summed E-state index contributed by atoms with van der Waals surface area (Å²) in [7, 11) is 0. The van der Waals surface area contributed by atoms with E-state index in [1.54, 1.807) is 32.0 Å². The molecule has 7 nitrogen and oxygen atoms in total. The van der Waals surface area contributed by atoms with Gasteiger partial charge in [-0.3, -0.25) is 9.59 Å². The van der Waals surface area contributed by atoms with E-state index in [-0.39, 0.29) is 18.7 Å². The zero-order valence-corrected chi connectivity index (χ0v) is 14.1. The molecule has 0 spiro atoms. The van der Waals surface area contributed by atoms with Crippen LogP contribution in [0.3, 0.4) is 0 Å². The van der Waals surface area contributed by atoms with Crippen LogP contribution in [-0.4, -0.2) is 40.6 Å². The van der Waals surface area contributed by atoms with Gasteiger partial charge in [0.05, 0.1) is 18.5 Å². The van der Waals surface area contributed by atoms with Crippen molar-refractivity contribution in [1.82, 2.24) is 10.3 Å². The first-order chi connectivity index (χ1) is 11.9. The lowest BCUT2D eigenvalue weighted by Crippen LogP contribution is -2.46. The number of pyridine rings is 1. The number of esters is 1. The summed E-state index contributed by atoms with van der Waals surface area (Å²) >= 11 is 0.